The topological polar surface area (TPSA) is 105 Å². The van der Waals surface area contributed by atoms with Crippen LogP contribution in [0.15, 0.2) is 65.6 Å². The first-order valence-electron chi connectivity index (χ1n) is 13.7. The summed E-state index contributed by atoms with van der Waals surface area (Å²) < 4.78 is 39.9. The van der Waals surface area contributed by atoms with Crippen molar-refractivity contribution in [2.75, 3.05) is 25.1 Å². The lowest BCUT2D eigenvalue weighted by molar-refractivity contribution is -0.139. The van der Waals surface area contributed by atoms with Crippen LogP contribution in [-0.2, 0) is 26.2 Å². The van der Waals surface area contributed by atoms with Gasteiger partial charge in [-0.25, -0.2) is 8.42 Å². The Morgan fingerprint density at radius 3 is 2.14 bits per heavy atom. The molecule has 0 heterocycles. The van der Waals surface area contributed by atoms with Crippen LogP contribution in [0, 0.1) is 6.92 Å². The van der Waals surface area contributed by atoms with Crippen molar-refractivity contribution < 1.29 is 27.5 Å². The van der Waals surface area contributed by atoms with Crippen molar-refractivity contribution in [2.45, 2.75) is 57.6 Å². The molecule has 2 atom stereocenters. The Morgan fingerprint density at radius 2 is 1.56 bits per heavy atom. The highest BCUT2D eigenvalue weighted by Crippen LogP contribution is 2.34. The van der Waals surface area contributed by atoms with Crippen molar-refractivity contribution in [1.29, 1.82) is 0 Å². The zero-order chi connectivity index (χ0) is 31.9. The maximum atomic E-state index is 14.1. The molecule has 0 saturated heterocycles. The monoisotopic (exact) mass is 649 g/mol. The van der Waals surface area contributed by atoms with E-state index in [0.29, 0.717) is 22.8 Å². The summed E-state index contributed by atoms with van der Waals surface area (Å²) in [6.45, 7) is 6.62. The molecule has 0 fully saturated rings. The van der Waals surface area contributed by atoms with E-state index in [2.05, 4.69) is 5.32 Å². The van der Waals surface area contributed by atoms with Gasteiger partial charge in [0.25, 0.3) is 10.0 Å². The molecular weight excluding hydrogens is 613 g/mol. The fourth-order valence-corrected chi connectivity index (χ4v) is 5.96. The molecule has 232 valence electrons. The number of nitrogens with one attached hydrogen (secondary N) is 1. The number of amides is 2. The van der Waals surface area contributed by atoms with Crippen LogP contribution in [0.4, 0.5) is 5.69 Å². The van der Waals surface area contributed by atoms with Crippen LogP contribution in [0.3, 0.4) is 0 Å². The highest BCUT2D eigenvalue weighted by Gasteiger charge is 2.33. The summed E-state index contributed by atoms with van der Waals surface area (Å²) in [6, 6.07) is 14.8. The van der Waals surface area contributed by atoms with E-state index in [0.717, 1.165) is 9.87 Å². The first-order valence-corrected chi connectivity index (χ1v) is 15.9. The average molecular weight is 651 g/mol. The Labute approximate surface area is 263 Å². The Morgan fingerprint density at radius 1 is 0.907 bits per heavy atom. The lowest BCUT2D eigenvalue weighted by atomic mass is 10.1. The molecular formula is C31H37Cl2N3O6S. The largest absolute Gasteiger partial charge is 0.493 e. The number of sulfonamides is 1. The number of carbonyl (C=O) groups is 2. The summed E-state index contributed by atoms with van der Waals surface area (Å²) in [5.74, 6) is -0.308. The third-order valence-corrected chi connectivity index (χ3v) is 9.58. The summed E-state index contributed by atoms with van der Waals surface area (Å²) in [4.78, 5) is 28.7. The quantitative estimate of drug-likeness (QED) is 0.249. The van der Waals surface area contributed by atoms with E-state index >= 15 is 0 Å². The van der Waals surface area contributed by atoms with Crippen LogP contribution < -0.4 is 19.1 Å². The minimum Gasteiger partial charge on any atom is -0.493 e. The summed E-state index contributed by atoms with van der Waals surface area (Å²) >= 11 is 12.3. The molecule has 0 spiro atoms. The molecule has 9 nitrogen and oxygen atoms in total. The lowest BCUT2D eigenvalue weighted by Gasteiger charge is -2.32. The first kappa shape index (κ1) is 34.0. The van der Waals surface area contributed by atoms with E-state index in [9.17, 15) is 18.0 Å². The van der Waals surface area contributed by atoms with Gasteiger partial charge in [-0.05, 0) is 69.2 Å². The second-order valence-electron chi connectivity index (χ2n) is 10.1. The fraction of sp³-hybridized carbons (Fsp3) is 0.355. The molecule has 0 aliphatic heterocycles. The van der Waals surface area contributed by atoms with Crippen LogP contribution in [0.5, 0.6) is 11.5 Å². The lowest BCUT2D eigenvalue weighted by Crippen LogP contribution is -2.52. The SMILES string of the molecule is CCC(C)NC(=O)C(C)N(Cc1ccc(Cl)c(Cl)c1)C(=O)CN(c1ccc(OC)c(OC)c1)S(=O)(=O)c1ccc(C)cc1. The van der Waals surface area contributed by atoms with Crippen molar-refractivity contribution in [1.82, 2.24) is 10.2 Å². The van der Waals surface area contributed by atoms with Gasteiger partial charge in [-0.3, -0.25) is 13.9 Å². The Balaban J connectivity index is 2.10. The standard InChI is InChI=1S/C31H37Cl2N3O6S/c1-7-21(3)34-31(38)22(4)35(18-23-10-14-26(32)27(33)16-23)30(37)19-36(24-11-15-28(41-5)29(17-24)42-6)43(39,40)25-12-8-20(2)9-13-25/h8-17,21-22H,7,18-19H2,1-6H3,(H,34,38). The molecule has 0 radical (unpaired) electrons. The van der Waals surface area contributed by atoms with Gasteiger partial charge in [-0.15, -0.1) is 0 Å². The van der Waals surface area contributed by atoms with Gasteiger partial charge in [0, 0.05) is 18.7 Å². The highest BCUT2D eigenvalue weighted by molar-refractivity contribution is 7.92. The van der Waals surface area contributed by atoms with E-state index in [1.165, 1.54) is 43.4 Å². The molecule has 0 aliphatic carbocycles. The van der Waals surface area contributed by atoms with Crippen molar-refractivity contribution in [3.05, 3.63) is 81.8 Å². The van der Waals surface area contributed by atoms with Gasteiger partial charge in [0.15, 0.2) is 11.5 Å². The van der Waals surface area contributed by atoms with Crippen LogP contribution in [0.25, 0.3) is 0 Å². The smallest absolute Gasteiger partial charge is 0.264 e. The second kappa shape index (κ2) is 14.8. The predicted molar refractivity (Wildman–Crippen MR) is 170 cm³/mol. The Bertz CT molecular complexity index is 1550. The van der Waals surface area contributed by atoms with E-state index < -0.39 is 28.5 Å². The maximum absolute atomic E-state index is 14.1. The number of methoxy groups -OCH3 is 2. The van der Waals surface area contributed by atoms with Crippen molar-refractivity contribution >= 4 is 50.7 Å². The van der Waals surface area contributed by atoms with Crippen LogP contribution in [0.2, 0.25) is 10.0 Å². The van der Waals surface area contributed by atoms with E-state index in [1.54, 1.807) is 43.3 Å². The van der Waals surface area contributed by atoms with E-state index in [4.69, 9.17) is 32.7 Å². The van der Waals surface area contributed by atoms with Gasteiger partial charge in [0.2, 0.25) is 11.8 Å². The normalized spacial score (nSPS) is 12.7. The number of nitrogens with zero attached hydrogens (tertiary/aromatic N) is 2. The second-order valence-corrected chi connectivity index (χ2v) is 12.8. The predicted octanol–water partition coefficient (Wildman–Crippen LogP) is 5.85. The van der Waals surface area contributed by atoms with E-state index in [1.807, 2.05) is 20.8 Å². The highest BCUT2D eigenvalue weighted by atomic mass is 35.5. The Kier molecular flexibility index (Phi) is 11.7. The molecule has 3 aromatic rings. The number of benzene rings is 3. The zero-order valence-corrected chi connectivity index (χ0v) is 27.4. The number of carbonyl (C=O) groups excluding carboxylic acids is 2. The first-order chi connectivity index (χ1) is 20.3. The molecule has 12 heteroatoms. The van der Waals surface area contributed by atoms with Crippen molar-refractivity contribution in [2.24, 2.45) is 0 Å². The number of aryl methyl sites for hydroxylation is 1. The minimum atomic E-state index is -4.25. The number of rotatable bonds is 13. The molecule has 0 bridgehead atoms. The summed E-state index contributed by atoms with van der Waals surface area (Å²) in [6.07, 6.45) is 0.696. The number of halogens is 2. The molecule has 2 amide bonds. The molecule has 43 heavy (non-hydrogen) atoms. The molecule has 0 saturated carbocycles. The average Bonchev–Trinajstić information content (AvgIpc) is 2.99. The summed E-state index contributed by atoms with van der Waals surface area (Å²) in [5.41, 5.74) is 1.67. The number of ether oxygens (including phenoxy) is 2. The fourth-order valence-electron chi connectivity index (χ4n) is 4.23. The van der Waals surface area contributed by atoms with Crippen LogP contribution >= 0.6 is 23.2 Å². The molecule has 3 aromatic carbocycles. The molecule has 3 rings (SSSR count). The summed E-state index contributed by atoms with van der Waals surface area (Å²) in [7, 11) is -1.35. The van der Waals surface area contributed by atoms with Gasteiger partial charge >= 0.3 is 0 Å². The van der Waals surface area contributed by atoms with Crippen LogP contribution in [-0.4, -0.2) is 58.0 Å². The molecule has 0 aromatic heterocycles. The summed E-state index contributed by atoms with van der Waals surface area (Å²) in [5, 5.41) is 3.53. The maximum Gasteiger partial charge on any atom is 0.264 e. The van der Waals surface area contributed by atoms with Gasteiger partial charge in [0.1, 0.15) is 12.6 Å². The van der Waals surface area contributed by atoms with E-state index in [-0.39, 0.29) is 39.8 Å². The van der Waals surface area contributed by atoms with Gasteiger partial charge < -0.3 is 19.7 Å². The van der Waals surface area contributed by atoms with Crippen molar-refractivity contribution in [3.8, 4) is 11.5 Å². The number of anilines is 1. The van der Waals surface area contributed by atoms with Gasteiger partial charge in [0.05, 0.1) is 34.8 Å². The minimum absolute atomic E-state index is 0.000667. The molecule has 1 N–H and O–H groups in total. The Hall–Kier alpha value is -3.47. The molecule has 2 unspecified atom stereocenters. The van der Waals surface area contributed by atoms with Crippen LogP contribution in [0.1, 0.15) is 38.3 Å². The third-order valence-electron chi connectivity index (χ3n) is 7.05. The number of hydrogen-bond donors (Lipinski definition) is 1. The zero-order valence-electron chi connectivity index (χ0n) is 25.1. The number of hydrogen-bond acceptors (Lipinski definition) is 6. The van der Waals surface area contributed by atoms with Crippen molar-refractivity contribution in [3.63, 3.8) is 0 Å². The van der Waals surface area contributed by atoms with Gasteiger partial charge in [-0.1, -0.05) is 53.9 Å². The van der Waals surface area contributed by atoms with Gasteiger partial charge in [-0.2, -0.15) is 0 Å². The molecule has 0 aliphatic rings. The third kappa shape index (κ3) is 8.34.